The van der Waals surface area contributed by atoms with E-state index in [1.54, 1.807) is 0 Å². The number of hydrogen-bond acceptors (Lipinski definition) is 3. The maximum atomic E-state index is 4.47. The molecule has 1 radical (unpaired) electrons. The lowest BCUT2D eigenvalue weighted by molar-refractivity contribution is 0.258. The van der Waals surface area contributed by atoms with Crippen molar-refractivity contribution >= 4 is 16.7 Å². The minimum absolute atomic E-state index is 0.646. The monoisotopic (exact) mass is 266 g/mol. The minimum Gasteiger partial charge on any atom is -0.347 e. The summed E-state index contributed by atoms with van der Waals surface area (Å²) in [6.07, 6.45) is 7.97. The summed E-state index contributed by atoms with van der Waals surface area (Å²) < 4.78 is 0. The molecule has 2 heterocycles. The molecule has 20 heavy (non-hydrogen) atoms. The fraction of sp³-hybridized carbons (Fsp3) is 0.471. The molecule has 1 saturated carbocycles. The lowest BCUT2D eigenvalue weighted by atomic mass is 9.78. The average molecular weight is 266 g/mol. The van der Waals surface area contributed by atoms with E-state index >= 15 is 0 Å². The quantitative estimate of drug-likeness (QED) is 0.782. The van der Waals surface area contributed by atoms with Gasteiger partial charge >= 0.3 is 0 Å². The first kappa shape index (κ1) is 12.1. The van der Waals surface area contributed by atoms with Gasteiger partial charge in [-0.15, -0.1) is 10.2 Å². The standard InChI is InChI=1S/C17H20N3/c1-3-9-15-14(7-1)12-17(19-18-15)20-11-5-8-13-6-2-4-10-16(13)20/h1,3,7,9,11-13,16H,2,4-6,8,10H2. The molecule has 2 fully saturated rings. The number of aromatic nitrogens is 2. The van der Waals surface area contributed by atoms with Gasteiger partial charge in [0.05, 0.1) is 12.1 Å². The van der Waals surface area contributed by atoms with E-state index < -0.39 is 0 Å². The van der Waals surface area contributed by atoms with Crippen molar-refractivity contribution in [2.45, 2.75) is 44.6 Å². The number of hydrogen-bond donors (Lipinski definition) is 0. The molecule has 103 valence electrons. The zero-order chi connectivity index (χ0) is 13.4. The molecule has 1 aliphatic heterocycles. The highest BCUT2D eigenvalue weighted by molar-refractivity contribution is 5.80. The topological polar surface area (TPSA) is 29.0 Å². The third kappa shape index (κ3) is 2.05. The molecule has 0 amide bonds. The molecule has 0 bridgehead atoms. The Morgan fingerprint density at radius 2 is 1.90 bits per heavy atom. The number of piperidine rings is 1. The SMILES string of the molecule is [CH]1CCC2CCCCC2N1c1cc2ccccc2nn1. The van der Waals surface area contributed by atoms with Crippen LogP contribution in [-0.2, 0) is 0 Å². The molecule has 2 atom stereocenters. The average Bonchev–Trinajstić information content (AvgIpc) is 2.54. The molecular formula is C17H20N3. The Morgan fingerprint density at radius 1 is 1.00 bits per heavy atom. The van der Waals surface area contributed by atoms with Crippen molar-refractivity contribution in [3.8, 4) is 0 Å². The normalized spacial score (nSPS) is 26.5. The number of benzene rings is 1. The van der Waals surface area contributed by atoms with E-state index in [0.717, 1.165) is 17.3 Å². The maximum Gasteiger partial charge on any atom is 0.152 e. The van der Waals surface area contributed by atoms with Gasteiger partial charge in [0.15, 0.2) is 5.82 Å². The van der Waals surface area contributed by atoms with Crippen molar-refractivity contribution in [2.24, 2.45) is 5.92 Å². The summed E-state index contributed by atoms with van der Waals surface area (Å²) in [4.78, 5) is 2.41. The van der Waals surface area contributed by atoms with Gasteiger partial charge < -0.3 is 4.90 Å². The van der Waals surface area contributed by atoms with Crippen molar-refractivity contribution in [3.63, 3.8) is 0 Å². The molecule has 1 aromatic heterocycles. The number of rotatable bonds is 1. The zero-order valence-electron chi connectivity index (χ0n) is 11.7. The fourth-order valence-corrected chi connectivity index (χ4v) is 3.82. The third-order valence-electron chi connectivity index (χ3n) is 4.84. The minimum atomic E-state index is 0.646. The highest BCUT2D eigenvalue weighted by Gasteiger charge is 2.34. The first-order valence-electron chi connectivity index (χ1n) is 7.76. The van der Waals surface area contributed by atoms with Gasteiger partial charge in [0, 0.05) is 11.4 Å². The largest absolute Gasteiger partial charge is 0.347 e. The third-order valence-corrected chi connectivity index (χ3v) is 4.84. The van der Waals surface area contributed by atoms with E-state index in [4.69, 9.17) is 0 Å². The van der Waals surface area contributed by atoms with Crippen molar-refractivity contribution in [2.75, 3.05) is 4.90 Å². The molecule has 2 unspecified atom stereocenters. The second-order valence-electron chi connectivity index (χ2n) is 6.04. The van der Waals surface area contributed by atoms with E-state index in [9.17, 15) is 0 Å². The van der Waals surface area contributed by atoms with E-state index in [1.807, 2.05) is 12.1 Å². The van der Waals surface area contributed by atoms with Gasteiger partial charge in [-0.1, -0.05) is 31.0 Å². The maximum absolute atomic E-state index is 4.47. The van der Waals surface area contributed by atoms with Gasteiger partial charge in [0.1, 0.15) is 0 Å². The van der Waals surface area contributed by atoms with Crippen LogP contribution in [0.4, 0.5) is 5.82 Å². The van der Waals surface area contributed by atoms with Crippen LogP contribution in [0.2, 0.25) is 0 Å². The van der Waals surface area contributed by atoms with Gasteiger partial charge in [-0.05, 0) is 43.7 Å². The van der Waals surface area contributed by atoms with Crippen LogP contribution in [0.3, 0.4) is 0 Å². The molecule has 1 aliphatic carbocycles. The summed E-state index contributed by atoms with van der Waals surface area (Å²) in [5.74, 6) is 1.88. The molecule has 0 spiro atoms. The molecule has 2 aliphatic rings. The lowest BCUT2D eigenvalue weighted by Crippen LogP contribution is -2.44. The second-order valence-corrected chi connectivity index (χ2v) is 6.04. The highest BCUT2D eigenvalue weighted by atomic mass is 15.3. The zero-order valence-corrected chi connectivity index (χ0v) is 11.7. The van der Waals surface area contributed by atoms with Crippen LogP contribution >= 0.6 is 0 Å². The Morgan fingerprint density at radius 3 is 2.90 bits per heavy atom. The van der Waals surface area contributed by atoms with E-state index in [2.05, 4.69) is 39.8 Å². The van der Waals surface area contributed by atoms with E-state index in [0.29, 0.717) is 6.04 Å². The molecular weight excluding hydrogens is 246 g/mol. The van der Waals surface area contributed by atoms with Crippen molar-refractivity contribution in [3.05, 3.63) is 36.9 Å². The smallest absolute Gasteiger partial charge is 0.152 e. The van der Waals surface area contributed by atoms with Crippen molar-refractivity contribution < 1.29 is 0 Å². The van der Waals surface area contributed by atoms with Crippen LogP contribution in [0.25, 0.3) is 10.9 Å². The number of fused-ring (bicyclic) bond motifs is 2. The number of nitrogens with zero attached hydrogens (tertiary/aromatic N) is 3. The van der Waals surface area contributed by atoms with Crippen LogP contribution in [0.5, 0.6) is 0 Å². The second kappa shape index (κ2) is 5.04. The Kier molecular flexibility index (Phi) is 3.06. The van der Waals surface area contributed by atoms with E-state index in [1.165, 1.54) is 43.9 Å². The summed E-state index contributed by atoms with van der Waals surface area (Å²) in [6.45, 7) is 2.34. The Bertz CT molecular complexity index is 608. The molecule has 0 N–H and O–H groups in total. The summed E-state index contributed by atoms with van der Waals surface area (Å²) in [7, 11) is 0. The van der Waals surface area contributed by atoms with Gasteiger partial charge in [0.2, 0.25) is 0 Å². The predicted octanol–water partition coefficient (Wildman–Crippen LogP) is 3.95. The fourth-order valence-electron chi connectivity index (χ4n) is 3.82. The van der Waals surface area contributed by atoms with Crippen LogP contribution < -0.4 is 4.90 Å². The molecule has 1 aromatic carbocycles. The predicted molar refractivity (Wildman–Crippen MR) is 81.3 cm³/mol. The molecule has 4 rings (SSSR count). The number of anilines is 1. The molecule has 3 nitrogen and oxygen atoms in total. The van der Waals surface area contributed by atoms with Crippen LogP contribution in [0.1, 0.15) is 38.5 Å². The Labute approximate surface area is 120 Å². The summed E-state index contributed by atoms with van der Waals surface area (Å²) in [5, 5.41) is 10.0. The van der Waals surface area contributed by atoms with E-state index in [-0.39, 0.29) is 0 Å². The first-order valence-corrected chi connectivity index (χ1v) is 7.76. The van der Waals surface area contributed by atoms with Gasteiger partial charge in [-0.2, -0.15) is 0 Å². The van der Waals surface area contributed by atoms with Gasteiger partial charge in [-0.25, -0.2) is 0 Å². The summed E-state index contributed by atoms with van der Waals surface area (Å²) in [5.41, 5.74) is 0.980. The van der Waals surface area contributed by atoms with Crippen molar-refractivity contribution in [1.82, 2.24) is 10.2 Å². The summed E-state index contributed by atoms with van der Waals surface area (Å²) >= 11 is 0. The highest BCUT2D eigenvalue weighted by Crippen LogP contribution is 2.38. The molecule has 3 heteroatoms. The van der Waals surface area contributed by atoms with Crippen LogP contribution in [0.15, 0.2) is 30.3 Å². The van der Waals surface area contributed by atoms with Crippen LogP contribution in [0, 0.1) is 12.5 Å². The van der Waals surface area contributed by atoms with Crippen LogP contribution in [-0.4, -0.2) is 16.2 Å². The molecule has 2 aromatic rings. The Hall–Kier alpha value is -1.64. The van der Waals surface area contributed by atoms with Gasteiger partial charge in [0.25, 0.3) is 0 Å². The lowest BCUT2D eigenvalue weighted by Gasteiger charge is -2.44. The van der Waals surface area contributed by atoms with Crippen molar-refractivity contribution in [1.29, 1.82) is 0 Å². The first-order chi connectivity index (χ1) is 9.92. The molecule has 1 saturated heterocycles. The van der Waals surface area contributed by atoms with Gasteiger partial charge in [-0.3, -0.25) is 0 Å². The Balaban J connectivity index is 1.69. The summed E-state index contributed by atoms with van der Waals surface area (Å²) in [6, 6.07) is 11.1.